The molecule has 0 aromatic heterocycles. The first-order valence-corrected chi connectivity index (χ1v) is 35.5. The Morgan fingerprint density at radius 3 is 0.684 bits per heavy atom. The minimum absolute atomic E-state index is 0.0722. The molecular formula is C73H136O6. The van der Waals surface area contributed by atoms with E-state index in [0.717, 1.165) is 70.6 Å². The molecule has 0 rings (SSSR count). The smallest absolute Gasteiger partial charge is 0.306 e. The average molecular weight is 1110 g/mol. The fourth-order valence-corrected chi connectivity index (χ4v) is 10.7. The summed E-state index contributed by atoms with van der Waals surface area (Å²) < 4.78 is 16.9. The largest absolute Gasteiger partial charge is 0.462 e. The highest BCUT2D eigenvalue weighted by Gasteiger charge is 2.19. The highest BCUT2D eigenvalue weighted by Crippen LogP contribution is 2.18. The number of esters is 3. The van der Waals surface area contributed by atoms with E-state index in [1.165, 1.54) is 283 Å². The summed E-state index contributed by atoms with van der Waals surface area (Å²) in [5, 5.41) is 0. The zero-order chi connectivity index (χ0) is 57.1. The Labute approximate surface area is 493 Å². The number of carbonyl (C=O) groups is 3. The molecule has 0 spiro atoms. The summed E-state index contributed by atoms with van der Waals surface area (Å²) in [5.74, 6) is -0.864. The van der Waals surface area contributed by atoms with Crippen LogP contribution in [-0.2, 0) is 28.6 Å². The summed E-state index contributed by atoms with van der Waals surface area (Å²) in [6.45, 7) is 6.63. The molecule has 0 aliphatic rings. The molecule has 6 nitrogen and oxygen atoms in total. The Kier molecular flexibility index (Phi) is 66.1. The van der Waals surface area contributed by atoms with Crippen molar-refractivity contribution < 1.29 is 28.6 Å². The molecule has 0 heterocycles. The van der Waals surface area contributed by atoms with E-state index < -0.39 is 6.10 Å². The third-order valence-corrected chi connectivity index (χ3v) is 16.1. The van der Waals surface area contributed by atoms with Crippen molar-refractivity contribution in [2.45, 2.75) is 399 Å². The molecule has 0 bridgehead atoms. The molecule has 0 aliphatic carbocycles. The predicted molar refractivity (Wildman–Crippen MR) is 344 cm³/mol. The van der Waals surface area contributed by atoms with Crippen LogP contribution in [0.5, 0.6) is 0 Å². The van der Waals surface area contributed by atoms with E-state index in [4.69, 9.17) is 14.2 Å². The van der Waals surface area contributed by atoms with Gasteiger partial charge in [0.25, 0.3) is 0 Å². The second kappa shape index (κ2) is 68.1. The van der Waals surface area contributed by atoms with E-state index in [0.29, 0.717) is 19.3 Å². The number of rotatable bonds is 66. The zero-order valence-electron chi connectivity index (χ0n) is 53.4. The molecule has 0 aromatic carbocycles. The van der Waals surface area contributed by atoms with Gasteiger partial charge in [-0.1, -0.05) is 320 Å². The number of hydrogen-bond acceptors (Lipinski definition) is 6. The van der Waals surface area contributed by atoms with Crippen LogP contribution in [0, 0.1) is 0 Å². The number of ether oxygens (including phenoxy) is 3. The van der Waals surface area contributed by atoms with E-state index in [1.54, 1.807) is 0 Å². The summed E-state index contributed by atoms with van der Waals surface area (Å²) in [6.07, 6.45) is 84.9. The quantitative estimate of drug-likeness (QED) is 0.0261. The van der Waals surface area contributed by atoms with E-state index in [1.807, 2.05) is 0 Å². The molecule has 0 fully saturated rings. The van der Waals surface area contributed by atoms with Crippen LogP contribution in [0.1, 0.15) is 393 Å². The van der Waals surface area contributed by atoms with Crippen LogP contribution in [0.15, 0.2) is 36.5 Å². The molecule has 0 saturated heterocycles. The first-order valence-electron chi connectivity index (χ1n) is 35.5. The SMILES string of the molecule is CCC/C=C\CCCCCCCC(=O)OCC(COC(=O)CCCCCCCCCCCCCCCCCCCCCCC/C=C\CCCCCCCCCC)OC(=O)CCCCCCCCC/C=C\CCCCCCCCC. The summed E-state index contributed by atoms with van der Waals surface area (Å²) in [6, 6.07) is 0. The van der Waals surface area contributed by atoms with E-state index >= 15 is 0 Å². The molecule has 0 aliphatic heterocycles. The van der Waals surface area contributed by atoms with Gasteiger partial charge in [-0.2, -0.15) is 0 Å². The van der Waals surface area contributed by atoms with E-state index in [9.17, 15) is 14.4 Å². The maximum Gasteiger partial charge on any atom is 0.306 e. The van der Waals surface area contributed by atoms with Gasteiger partial charge in [0.15, 0.2) is 6.10 Å². The van der Waals surface area contributed by atoms with Gasteiger partial charge in [-0.15, -0.1) is 0 Å². The predicted octanol–water partition coefficient (Wildman–Crippen LogP) is 24.3. The number of allylic oxidation sites excluding steroid dienone is 6. The maximum absolute atomic E-state index is 12.9. The number of hydrogen-bond donors (Lipinski definition) is 0. The van der Waals surface area contributed by atoms with E-state index in [2.05, 4.69) is 57.2 Å². The van der Waals surface area contributed by atoms with Crippen molar-refractivity contribution >= 4 is 17.9 Å². The van der Waals surface area contributed by atoms with Crippen LogP contribution in [0.4, 0.5) is 0 Å². The van der Waals surface area contributed by atoms with Crippen molar-refractivity contribution in [2.24, 2.45) is 0 Å². The summed E-state index contributed by atoms with van der Waals surface area (Å²) in [4.78, 5) is 38.3. The normalized spacial score (nSPS) is 12.2. The molecule has 79 heavy (non-hydrogen) atoms. The molecule has 0 amide bonds. The number of unbranched alkanes of at least 4 members (excludes halogenated alkanes) is 49. The van der Waals surface area contributed by atoms with Crippen molar-refractivity contribution in [1.29, 1.82) is 0 Å². The molecule has 0 saturated carbocycles. The third kappa shape index (κ3) is 66.3. The highest BCUT2D eigenvalue weighted by atomic mass is 16.6. The first kappa shape index (κ1) is 76.6. The van der Waals surface area contributed by atoms with Gasteiger partial charge < -0.3 is 14.2 Å². The molecule has 0 radical (unpaired) electrons. The van der Waals surface area contributed by atoms with Crippen LogP contribution >= 0.6 is 0 Å². The molecule has 0 aromatic rings. The zero-order valence-corrected chi connectivity index (χ0v) is 53.4. The van der Waals surface area contributed by atoms with Crippen LogP contribution in [0.3, 0.4) is 0 Å². The van der Waals surface area contributed by atoms with Gasteiger partial charge in [-0.25, -0.2) is 0 Å². The third-order valence-electron chi connectivity index (χ3n) is 16.1. The van der Waals surface area contributed by atoms with Gasteiger partial charge in [-0.3, -0.25) is 14.4 Å². The van der Waals surface area contributed by atoms with Gasteiger partial charge in [0, 0.05) is 19.3 Å². The van der Waals surface area contributed by atoms with Crippen molar-refractivity contribution in [3.05, 3.63) is 36.5 Å². The van der Waals surface area contributed by atoms with Crippen molar-refractivity contribution in [3.8, 4) is 0 Å². The molecule has 464 valence electrons. The van der Waals surface area contributed by atoms with Gasteiger partial charge in [-0.05, 0) is 89.9 Å². The van der Waals surface area contributed by atoms with Gasteiger partial charge >= 0.3 is 17.9 Å². The Morgan fingerprint density at radius 1 is 0.241 bits per heavy atom. The highest BCUT2D eigenvalue weighted by molar-refractivity contribution is 5.71. The molecular weight excluding hydrogens is 973 g/mol. The van der Waals surface area contributed by atoms with Gasteiger partial charge in [0.05, 0.1) is 0 Å². The molecule has 1 atom stereocenters. The fourth-order valence-electron chi connectivity index (χ4n) is 10.7. The van der Waals surface area contributed by atoms with Gasteiger partial charge in [0.2, 0.25) is 0 Å². The Bertz CT molecular complexity index is 1320. The summed E-state index contributed by atoms with van der Waals surface area (Å²) in [7, 11) is 0. The van der Waals surface area contributed by atoms with Gasteiger partial charge in [0.1, 0.15) is 13.2 Å². The topological polar surface area (TPSA) is 78.9 Å². The lowest BCUT2D eigenvalue weighted by molar-refractivity contribution is -0.167. The summed E-state index contributed by atoms with van der Waals surface area (Å²) >= 11 is 0. The van der Waals surface area contributed by atoms with Crippen LogP contribution < -0.4 is 0 Å². The van der Waals surface area contributed by atoms with Crippen LogP contribution in [0.25, 0.3) is 0 Å². The molecule has 6 heteroatoms. The second-order valence-corrected chi connectivity index (χ2v) is 24.1. The minimum Gasteiger partial charge on any atom is -0.462 e. The Balaban J connectivity index is 4.05. The standard InChI is InChI=1S/C73H136O6/c1-4-7-10-13-16-19-22-24-26-28-30-31-32-33-34-35-36-37-38-39-40-41-42-43-44-46-47-49-51-54-57-60-63-66-72(75)78-69-70(68-77-71(74)65-62-59-56-53-21-18-15-12-9-6-3)79-73(76)67-64-61-58-55-52-50-48-45-29-27-25-23-20-17-14-11-8-5-2/h12,15,27-30,70H,4-11,13-14,16-26,31-69H2,1-3H3/b15-12-,29-27-,30-28-. The fraction of sp³-hybridized carbons (Fsp3) is 0.877. The average Bonchev–Trinajstić information content (AvgIpc) is 3.45. The molecule has 0 N–H and O–H groups in total. The number of carbonyl (C=O) groups excluding carboxylic acids is 3. The van der Waals surface area contributed by atoms with Crippen molar-refractivity contribution in [1.82, 2.24) is 0 Å². The Morgan fingerprint density at radius 2 is 0.443 bits per heavy atom. The monoisotopic (exact) mass is 1110 g/mol. The minimum atomic E-state index is -0.775. The molecule has 1 unspecified atom stereocenters. The lowest BCUT2D eigenvalue weighted by Crippen LogP contribution is -2.30. The Hall–Kier alpha value is -2.37. The van der Waals surface area contributed by atoms with Crippen LogP contribution in [-0.4, -0.2) is 37.2 Å². The maximum atomic E-state index is 12.9. The lowest BCUT2D eigenvalue weighted by Gasteiger charge is -2.18. The van der Waals surface area contributed by atoms with E-state index in [-0.39, 0.29) is 31.1 Å². The van der Waals surface area contributed by atoms with Crippen LogP contribution in [0.2, 0.25) is 0 Å². The second-order valence-electron chi connectivity index (χ2n) is 24.1. The van der Waals surface area contributed by atoms with Crippen molar-refractivity contribution in [3.63, 3.8) is 0 Å². The van der Waals surface area contributed by atoms with Crippen molar-refractivity contribution in [2.75, 3.05) is 13.2 Å². The lowest BCUT2D eigenvalue weighted by atomic mass is 10.0. The summed E-state index contributed by atoms with van der Waals surface area (Å²) in [5.41, 5.74) is 0. The first-order chi connectivity index (χ1) is 39.0.